The number of halogens is 2. The number of likely N-dealkylation sites (tertiary alicyclic amines) is 1. The van der Waals surface area contributed by atoms with Crippen LogP contribution in [0, 0.1) is 11.6 Å². The lowest BCUT2D eigenvalue weighted by molar-refractivity contribution is 0.103. The van der Waals surface area contributed by atoms with Gasteiger partial charge in [0.15, 0.2) is 11.6 Å². The third-order valence-electron chi connectivity index (χ3n) is 5.23. The Balaban J connectivity index is 1.30. The van der Waals surface area contributed by atoms with Crippen LogP contribution >= 0.6 is 11.3 Å². The first-order valence-electron chi connectivity index (χ1n) is 10.3. The first-order valence-corrected chi connectivity index (χ1v) is 11.2. The van der Waals surface area contributed by atoms with Gasteiger partial charge >= 0.3 is 0 Å². The smallest absolute Gasteiger partial charge is 0.265 e. The van der Waals surface area contributed by atoms with Crippen LogP contribution in [0.1, 0.15) is 40.1 Å². The number of nitrogens with zero attached hydrogens (tertiary/aromatic N) is 1. The fourth-order valence-corrected chi connectivity index (χ4v) is 4.38. The maximum atomic E-state index is 13.7. The number of carbonyl (C=O) groups excluding carboxylic acids is 1. The van der Waals surface area contributed by atoms with Crippen molar-refractivity contribution in [3.63, 3.8) is 0 Å². The van der Waals surface area contributed by atoms with Crippen LogP contribution in [0.25, 0.3) is 0 Å². The molecule has 1 amide bonds. The van der Waals surface area contributed by atoms with Gasteiger partial charge in [-0.15, -0.1) is 11.3 Å². The number of anilines is 1. The second kappa shape index (κ2) is 10.0. The summed E-state index contributed by atoms with van der Waals surface area (Å²) in [5, 5.41) is 4.70. The van der Waals surface area contributed by atoms with Crippen molar-refractivity contribution in [1.29, 1.82) is 0 Å². The van der Waals surface area contributed by atoms with Gasteiger partial charge in [-0.2, -0.15) is 0 Å². The minimum atomic E-state index is -0.753. The van der Waals surface area contributed by atoms with Gasteiger partial charge in [-0.25, -0.2) is 8.78 Å². The van der Waals surface area contributed by atoms with Gasteiger partial charge in [0.1, 0.15) is 12.4 Å². The number of benzene rings is 2. The molecule has 7 heteroatoms. The Bertz CT molecular complexity index is 1030. The Kier molecular flexibility index (Phi) is 6.94. The summed E-state index contributed by atoms with van der Waals surface area (Å²) in [5.74, 6) is -1.63. The van der Waals surface area contributed by atoms with Gasteiger partial charge in [0, 0.05) is 23.9 Å². The number of piperidine rings is 1. The summed E-state index contributed by atoms with van der Waals surface area (Å²) in [6, 6.07) is 12.8. The van der Waals surface area contributed by atoms with Gasteiger partial charge in [0.25, 0.3) is 5.91 Å². The van der Waals surface area contributed by atoms with E-state index in [1.807, 2.05) is 12.1 Å². The molecule has 0 spiro atoms. The molecule has 1 saturated heterocycles. The van der Waals surface area contributed by atoms with Crippen molar-refractivity contribution in [2.45, 2.75) is 32.4 Å². The standard InChI is InChI=1S/C24H24F2N2O2S/c25-19-6-9-22(21(26)13-19)30-15-18-12-23(31-16-18)24(29)27-20-7-4-17(5-8-20)14-28-10-2-1-3-11-28/h4-9,12-13,16H,1-3,10-11,14-15H2,(H,27,29). The Morgan fingerprint density at radius 1 is 1.00 bits per heavy atom. The Morgan fingerprint density at radius 3 is 2.52 bits per heavy atom. The van der Waals surface area contributed by atoms with Gasteiger partial charge in [-0.05, 0) is 67.2 Å². The van der Waals surface area contributed by atoms with Crippen molar-refractivity contribution >= 4 is 22.9 Å². The zero-order chi connectivity index (χ0) is 21.6. The minimum absolute atomic E-state index is 0.0248. The quantitative estimate of drug-likeness (QED) is 0.500. The maximum Gasteiger partial charge on any atom is 0.265 e. The molecule has 2 heterocycles. The number of hydrogen-bond acceptors (Lipinski definition) is 4. The average molecular weight is 443 g/mol. The molecule has 0 unspecified atom stereocenters. The molecular weight excluding hydrogens is 418 g/mol. The molecule has 1 fully saturated rings. The Morgan fingerprint density at radius 2 is 1.77 bits per heavy atom. The number of thiophene rings is 1. The second-order valence-electron chi connectivity index (χ2n) is 7.67. The first-order chi connectivity index (χ1) is 15.1. The molecule has 31 heavy (non-hydrogen) atoms. The van der Waals surface area contributed by atoms with E-state index in [0.29, 0.717) is 4.88 Å². The molecule has 1 N–H and O–H groups in total. The van der Waals surface area contributed by atoms with Crippen LogP contribution < -0.4 is 10.1 Å². The molecule has 0 radical (unpaired) electrons. The summed E-state index contributed by atoms with van der Waals surface area (Å²) in [6.07, 6.45) is 3.85. The molecule has 3 aromatic rings. The molecule has 1 aliphatic rings. The predicted molar refractivity (Wildman–Crippen MR) is 119 cm³/mol. The lowest BCUT2D eigenvalue weighted by Crippen LogP contribution is -2.29. The fourth-order valence-electron chi connectivity index (χ4n) is 3.59. The highest BCUT2D eigenvalue weighted by molar-refractivity contribution is 7.12. The van der Waals surface area contributed by atoms with Gasteiger partial charge in [0.05, 0.1) is 4.88 Å². The van der Waals surface area contributed by atoms with E-state index in [9.17, 15) is 13.6 Å². The topological polar surface area (TPSA) is 41.6 Å². The zero-order valence-electron chi connectivity index (χ0n) is 17.1. The summed E-state index contributed by atoms with van der Waals surface area (Å²) in [6.45, 7) is 3.34. The molecule has 162 valence electrons. The van der Waals surface area contributed by atoms with Crippen LogP contribution in [0.2, 0.25) is 0 Å². The molecule has 0 saturated carbocycles. The summed E-state index contributed by atoms with van der Waals surface area (Å²) < 4.78 is 32.0. The van der Waals surface area contributed by atoms with E-state index in [1.165, 1.54) is 42.2 Å². The summed E-state index contributed by atoms with van der Waals surface area (Å²) in [7, 11) is 0. The van der Waals surface area contributed by atoms with E-state index in [2.05, 4.69) is 22.3 Å². The van der Waals surface area contributed by atoms with Crippen molar-refractivity contribution in [1.82, 2.24) is 4.90 Å². The highest BCUT2D eigenvalue weighted by Gasteiger charge is 2.13. The molecule has 4 rings (SSSR count). The van der Waals surface area contributed by atoms with E-state index < -0.39 is 11.6 Å². The largest absolute Gasteiger partial charge is 0.486 e. The number of hydrogen-bond donors (Lipinski definition) is 1. The van der Waals surface area contributed by atoms with Crippen molar-refractivity contribution in [2.75, 3.05) is 18.4 Å². The van der Waals surface area contributed by atoms with Gasteiger partial charge in [-0.1, -0.05) is 18.6 Å². The van der Waals surface area contributed by atoms with E-state index in [0.717, 1.165) is 43.0 Å². The molecule has 4 nitrogen and oxygen atoms in total. The van der Waals surface area contributed by atoms with E-state index >= 15 is 0 Å². The normalized spacial score (nSPS) is 14.4. The Hall–Kier alpha value is -2.77. The number of ether oxygens (including phenoxy) is 1. The molecule has 1 aliphatic heterocycles. The number of rotatable bonds is 7. The van der Waals surface area contributed by atoms with Gasteiger partial charge < -0.3 is 10.1 Å². The van der Waals surface area contributed by atoms with Crippen molar-refractivity contribution in [3.8, 4) is 5.75 Å². The molecule has 0 aliphatic carbocycles. The minimum Gasteiger partial charge on any atom is -0.486 e. The third-order valence-corrected chi connectivity index (χ3v) is 6.21. The molecular formula is C24H24F2N2O2S. The van der Waals surface area contributed by atoms with Gasteiger partial charge in [-0.3, -0.25) is 9.69 Å². The highest BCUT2D eigenvalue weighted by atomic mass is 32.1. The molecule has 0 atom stereocenters. The number of carbonyl (C=O) groups is 1. The molecule has 2 aromatic carbocycles. The van der Waals surface area contributed by atoms with Crippen LogP contribution in [0.3, 0.4) is 0 Å². The van der Waals surface area contributed by atoms with E-state index in [4.69, 9.17) is 4.74 Å². The highest BCUT2D eigenvalue weighted by Crippen LogP contribution is 2.22. The predicted octanol–water partition coefficient (Wildman–Crippen LogP) is 5.84. The lowest BCUT2D eigenvalue weighted by Gasteiger charge is -2.26. The Labute approximate surface area is 184 Å². The van der Waals surface area contributed by atoms with Gasteiger partial charge in [0.2, 0.25) is 0 Å². The fraction of sp³-hybridized carbons (Fsp3) is 0.292. The molecule has 1 aromatic heterocycles. The summed E-state index contributed by atoms with van der Waals surface area (Å²) >= 11 is 1.29. The van der Waals surface area contributed by atoms with E-state index in [-0.39, 0.29) is 18.3 Å². The van der Waals surface area contributed by atoms with E-state index in [1.54, 1.807) is 11.4 Å². The number of amides is 1. The molecule has 0 bridgehead atoms. The third kappa shape index (κ3) is 5.89. The SMILES string of the molecule is O=C(Nc1ccc(CN2CCCCC2)cc1)c1cc(COc2ccc(F)cc2F)cs1. The lowest BCUT2D eigenvalue weighted by atomic mass is 10.1. The van der Waals surface area contributed by atoms with Crippen LogP contribution in [-0.4, -0.2) is 23.9 Å². The van der Waals surface area contributed by atoms with Crippen LogP contribution in [0.15, 0.2) is 53.9 Å². The van der Waals surface area contributed by atoms with Crippen molar-refractivity contribution in [2.24, 2.45) is 0 Å². The zero-order valence-corrected chi connectivity index (χ0v) is 17.9. The summed E-state index contributed by atoms with van der Waals surface area (Å²) in [4.78, 5) is 15.5. The summed E-state index contributed by atoms with van der Waals surface area (Å²) in [5.41, 5.74) is 2.73. The second-order valence-corrected chi connectivity index (χ2v) is 8.58. The van der Waals surface area contributed by atoms with Crippen LogP contribution in [-0.2, 0) is 13.2 Å². The maximum absolute atomic E-state index is 13.7. The van der Waals surface area contributed by atoms with Crippen LogP contribution in [0.5, 0.6) is 5.75 Å². The van der Waals surface area contributed by atoms with Crippen molar-refractivity contribution < 1.29 is 18.3 Å². The van der Waals surface area contributed by atoms with Crippen molar-refractivity contribution in [3.05, 3.63) is 81.5 Å². The average Bonchev–Trinajstić information content (AvgIpc) is 3.25. The number of nitrogens with one attached hydrogen (secondary N) is 1. The van der Waals surface area contributed by atoms with Crippen LogP contribution in [0.4, 0.5) is 14.5 Å². The first kappa shape index (κ1) is 21.5. The monoisotopic (exact) mass is 442 g/mol.